The molecular formula is C13H13N3O5. The van der Waals surface area contributed by atoms with Crippen LogP contribution in [-0.2, 0) is 4.79 Å². The molecule has 1 atom stereocenters. The van der Waals surface area contributed by atoms with E-state index in [4.69, 9.17) is 10.00 Å². The zero-order valence-electron chi connectivity index (χ0n) is 11.5. The van der Waals surface area contributed by atoms with Crippen molar-refractivity contribution in [1.29, 1.82) is 5.26 Å². The van der Waals surface area contributed by atoms with E-state index in [2.05, 4.69) is 5.32 Å². The van der Waals surface area contributed by atoms with Gasteiger partial charge in [-0.05, 0) is 19.1 Å². The summed E-state index contributed by atoms with van der Waals surface area (Å²) in [5, 5.41) is 22.1. The number of hydrogen-bond acceptors (Lipinski definition) is 6. The molecular weight excluding hydrogens is 278 g/mol. The average molecular weight is 291 g/mol. The second-order valence-corrected chi connectivity index (χ2v) is 4.00. The number of hydrogen-bond donors (Lipinski definition) is 1. The number of ether oxygens (including phenoxy) is 1. The molecule has 0 bridgehead atoms. The van der Waals surface area contributed by atoms with Crippen LogP contribution >= 0.6 is 0 Å². The predicted molar refractivity (Wildman–Crippen MR) is 71.8 cm³/mol. The van der Waals surface area contributed by atoms with Gasteiger partial charge in [0.1, 0.15) is 5.75 Å². The topological polar surface area (TPSA) is 122 Å². The minimum atomic E-state index is -1.47. The number of benzene rings is 1. The number of nitriles is 1. The van der Waals surface area contributed by atoms with Gasteiger partial charge in [-0.25, -0.2) is 0 Å². The molecule has 0 spiro atoms. The molecule has 0 fully saturated rings. The Hall–Kier alpha value is -2.95. The number of carbonyl (C=O) groups is 2. The van der Waals surface area contributed by atoms with E-state index in [0.29, 0.717) is 6.61 Å². The molecule has 1 rings (SSSR count). The number of rotatable bonds is 6. The Morgan fingerprint density at radius 2 is 2.19 bits per heavy atom. The fraction of sp³-hybridized carbons (Fsp3) is 0.308. The Balaban J connectivity index is 3.22. The summed E-state index contributed by atoms with van der Waals surface area (Å²) >= 11 is 0. The van der Waals surface area contributed by atoms with Gasteiger partial charge in [-0.2, -0.15) is 5.26 Å². The fourth-order valence-corrected chi connectivity index (χ4v) is 1.64. The second kappa shape index (κ2) is 7.00. The van der Waals surface area contributed by atoms with Crippen molar-refractivity contribution < 1.29 is 19.2 Å². The first-order chi connectivity index (χ1) is 9.90. The molecule has 1 unspecified atom stereocenters. The van der Waals surface area contributed by atoms with Gasteiger partial charge in [0.25, 0.3) is 5.69 Å². The van der Waals surface area contributed by atoms with Crippen LogP contribution in [0.1, 0.15) is 24.2 Å². The maximum atomic E-state index is 12.1. The lowest BCUT2D eigenvalue weighted by Crippen LogP contribution is -2.38. The first-order valence-corrected chi connectivity index (χ1v) is 6.02. The molecule has 0 aliphatic rings. The number of Topliss-reactive ketones (excluding diaryl/α,β-unsaturated/α-hetero) is 1. The molecule has 1 amide bonds. The zero-order valence-corrected chi connectivity index (χ0v) is 11.5. The highest BCUT2D eigenvalue weighted by Gasteiger charge is 2.28. The Kier molecular flexibility index (Phi) is 5.37. The van der Waals surface area contributed by atoms with Crippen LogP contribution in [0.4, 0.5) is 5.69 Å². The number of ketones is 1. The highest BCUT2D eigenvalue weighted by molar-refractivity contribution is 6.06. The molecule has 110 valence electrons. The Labute approximate surface area is 120 Å². The van der Waals surface area contributed by atoms with Crippen molar-refractivity contribution in [2.75, 3.05) is 6.61 Å². The van der Waals surface area contributed by atoms with E-state index in [-0.39, 0.29) is 11.3 Å². The lowest BCUT2D eigenvalue weighted by atomic mass is 10.0. The molecule has 1 aromatic rings. The van der Waals surface area contributed by atoms with Crippen LogP contribution in [0, 0.1) is 21.4 Å². The summed E-state index contributed by atoms with van der Waals surface area (Å²) in [6, 6.07) is 3.84. The van der Waals surface area contributed by atoms with Crippen LogP contribution in [0.15, 0.2) is 18.2 Å². The van der Waals surface area contributed by atoms with Gasteiger partial charge < -0.3 is 10.1 Å². The highest BCUT2D eigenvalue weighted by atomic mass is 16.6. The first-order valence-electron chi connectivity index (χ1n) is 6.02. The smallest absolute Gasteiger partial charge is 0.284 e. The van der Waals surface area contributed by atoms with Gasteiger partial charge in [0.2, 0.25) is 11.7 Å². The molecule has 0 saturated carbocycles. The SMILES string of the molecule is CCOc1ccc(C(=O)C(C#N)NC(C)=O)c([N+](=O)[O-])c1. The third-order valence-corrected chi connectivity index (χ3v) is 2.48. The van der Waals surface area contributed by atoms with Crippen molar-refractivity contribution in [3.8, 4) is 11.8 Å². The van der Waals surface area contributed by atoms with Crippen molar-refractivity contribution >= 4 is 17.4 Å². The van der Waals surface area contributed by atoms with E-state index in [1.54, 1.807) is 13.0 Å². The molecule has 1 aromatic carbocycles. The largest absolute Gasteiger partial charge is 0.494 e. The molecule has 0 aliphatic carbocycles. The summed E-state index contributed by atoms with van der Waals surface area (Å²) in [6.07, 6.45) is 0. The molecule has 21 heavy (non-hydrogen) atoms. The molecule has 0 saturated heterocycles. The Bertz CT molecular complexity index is 621. The predicted octanol–water partition coefficient (Wildman–Crippen LogP) is 1.20. The van der Waals surface area contributed by atoms with Crippen molar-refractivity contribution in [2.24, 2.45) is 0 Å². The number of nitro benzene ring substituents is 1. The van der Waals surface area contributed by atoms with Crippen molar-refractivity contribution in [1.82, 2.24) is 5.32 Å². The fourth-order valence-electron chi connectivity index (χ4n) is 1.64. The summed E-state index contributed by atoms with van der Waals surface area (Å²) in [4.78, 5) is 33.4. The van der Waals surface area contributed by atoms with Gasteiger partial charge in [-0.1, -0.05) is 0 Å². The van der Waals surface area contributed by atoms with Crippen LogP contribution in [0.5, 0.6) is 5.75 Å². The standard InChI is InChI=1S/C13H13N3O5/c1-3-21-9-4-5-10(12(6-9)16(19)20)13(18)11(7-14)15-8(2)17/h4-6,11H,3H2,1-2H3,(H,15,17). The van der Waals surface area contributed by atoms with Gasteiger partial charge in [-0.15, -0.1) is 0 Å². The summed E-state index contributed by atoms with van der Waals surface area (Å²) in [7, 11) is 0. The molecule has 0 aliphatic heterocycles. The lowest BCUT2D eigenvalue weighted by Gasteiger charge is -2.10. The van der Waals surface area contributed by atoms with Crippen LogP contribution in [-0.4, -0.2) is 29.3 Å². The van der Waals surface area contributed by atoms with Crippen LogP contribution < -0.4 is 10.1 Å². The van der Waals surface area contributed by atoms with E-state index in [1.165, 1.54) is 12.1 Å². The van der Waals surface area contributed by atoms with Gasteiger partial charge in [-0.3, -0.25) is 19.7 Å². The van der Waals surface area contributed by atoms with E-state index in [0.717, 1.165) is 13.0 Å². The van der Waals surface area contributed by atoms with Crippen LogP contribution in [0.25, 0.3) is 0 Å². The molecule has 1 N–H and O–H groups in total. The summed E-state index contributed by atoms with van der Waals surface area (Å²) < 4.78 is 5.13. The third-order valence-electron chi connectivity index (χ3n) is 2.48. The molecule has 0 radical (unpaired) electrons. The minimum absolute atomic E-state index is 0.244. The Morgan fingerprint density at radius 1 is 1.52 bits per heavy atom. The number of nitro groups is 1. The molecule has 0 aromatic heterocycles. The van der Waals surface area contributed by atoms with Gasteiger partial charge >= 0.3 is 0 Å². The van der Waals surface area contributed by atoms with Gasteiger partial charge in [0.05, 0.1) is 29.2 Å². The normalized spacial score (nSPS) is 11.1. The van der Waals surface area contributed by atoms with E-state index in [1.807, 2.05) is 0 Å². The quantitative estimate of drug-likeness (QED) is 0.477. The van der Waals surface area contributed by atoms with Crippen molar-refractivity contribution in [3.05, 3.63) is 33.9 Å². The molecule has 8 nitrogen and oxygen atoms in total. The van der Waals surface area contributed by atoms with Crippen molar-refractivity contribution in [3.63, 3.8) is 0 Å². The van der Waals surface area contributed by atoms with Gasteiger partial charge in [0.15, 0.2) is 6.04 Å². The number of carbonyl (C=O) groups excluding carboxylic acids is 2. The summed E-state index contributed by atoms with van der Waals surface area (Å²) in [5.74, 6) is -1.18. The summed E-state index contributed by atoms with van der Waals surface area (Å²) in [5.41, 5.74) is -0.736. The second-order valence-electron chi connectivity index (χ2n) is 4.00. The molecule has 0 heterocycles. The number of nitrogens with zero attached hydrogens (tertiary/aromatic N) is 2. The van der Waals surface area contributed by atoms with E-state index >= 15 is 0 Å². The maximum absolute atomic E-state index is 12.1. The minimum Gasteiger partial charge on any atom is -0.494 e. The number of nitrogens with one attached hydrogen (secondary N) is 1. The maximum Gasteiger partial charge on any atom is 0.284 e. The van der Waals surface area contributed by atoms with Crippen LogP contribution in [0.2, 0.25) is 0 Å². The molecule has 8 heteroatoms. The zero-order chi connectivity index (χ0) is 16.0. The number of amides is 1. The van der Waals surface area contributed by atoms with Gasteiger partial charge in [0, 0.05) is 6.92 Å². The highest BCUT2D eigenvalue weighted by Crippen LogP contribution is 2.25. The van der Waals surface area contributed by atoms with E-state index in [9.17, 15) is 19.7 Å². The first kappa shape index (κ1) is 16.1. The Morgan fingerprint density at radius 3 is 2.67 bits per heavy atom. The monoisotopic (exact) mass is 291 g/mol. The third kappa shape index (κ3) is 4.01. The average Bonchev–Trinajstić information content (AvgIpc) is 2.44. The van der Waals surface area contributed by atoms with Crippen LogP contribution in [0.3, 0.4) is 0 Å². The summed E-state index contributed by atoms with van der Waals surface area (Å²) in [6.45, 7) is 3.18. The van der Waals surface area contributed by atoms with Crippen molar-refractivity contribution in [2.45, 2.75) is 19.9 Å². The van der Waals surface area contributed by atoms with E-state index < -0.39 is 28.3 Å². The lowest BCUT2D eigenvalue weighted by molar-refractivity contribution is -0.385.